The van der Waals surface area contributed by atoms with Crippen molar-refractivity contribution in [3.63, 3.8) is 0 Å². The van der Waals surface area contributed by atoms with Gasteiger partial charge in [-0.15, -0.1) is 0 Å². The van der Waals surface area contributed by atoms with Crippen LogP contribution in [0.4, 0.5) is 22.0 Å². The van der Waals surface area contributed by atoms with E-state index in [0.717, 1.165) is 25.1 Å². The minimum Gasteiger partial charge on any atom is -0.204 e. The summed E-state index contributed by atoms with van der Waals surface area (Å²) < 4.78 is 62.0. The summed E-state index contributed by atoms with van der Waals surface area (Å²) in [6.07, 6.45) is -4.56. The van der Waals surface area contributed by atoms with Crippen LogP contribution in [0, 0.1) is 11.6 Å². The second-order valence-electron chi connectivity index (χ2n) is 2.91. The van der Waals surface area contributed by atoms with E-state index in [2.05, 4.69) is 0 Å². The van der Waals surface area contributed by atoms with Crippen molar-refractivity contribution in [2.24, 2.45) is 0 Å². The summed E-state index contributed by atoms with van der Waals surface area (Å²) in [7, 11) is 0. The molecule has 5 heteroatoms. The van der Waals surface area contributed by atoms with Gasteiger partial charge in [0.1, 0.15) is 0 Å². The number of rotatable bonds is 1. The van der Waals surface area contributed by atoms with Crippen molar-refractivity contribution in [1.29, 1.82) is 0 Å². The largest absolute Gasteiger partial charge is 0.395 e. The van der Waals surface area contributed by atoms with Crippen LogP contribution in [-0.4, -0.2) is 6.18 Å². The third-order valence-electron chi connectivity index (χ3n) is 1.94. The minimum atomic E-state index is -4.56. The van der Waals surface area contributed by atoms with Gasteiger partial charge >= 0.3 is 6.18 Å². The Morgan fingerprint density at radius 2 is 1.71 bits per heavy atom. The Balaban J connectivity index is 3.14. The van der Waals surface area contributed by atoms with Gasteiger partial charge < -0.3 is 0 Å². The lowest BCUT2D eigenvalue weighted by molar-refractivity contribution is -0.146. The van der Waals surface area contributed by atoms with Crippen LogP contribution in [-0.2, 0) is 0 Å². The SMILES string of the molecule is CC(c1cccc(F)c1F)C(F)(F)F. The Hall–Kier alpha value is -1.13. The van der Waals surface area contributed by atoms with Gasteiger partial charge in [0.25, 0.3) is 0 Å². The van der Waals surface area contributed by atoms with Crippen LogP contribution in [0.25, 0.3) is 0 Å². The van der Waals surface area contributed by atoms with Crippen LogP contribution < -0.4 is 0 Å². The molecule has 0 aliphatic rings. The summed E-state index contributed by atoms with van der Waals surface area (Å²) in [5.74, 6) is -4.70. The van der Waals surface area contributed by atoms with Crippen LogP contribution in [0.2, 0.25) is 0 Å². The Bertz CT molecular complexity index is 328. The fourth-order valence-electron chi connectivity index (χ4n) is 1.03. The van der Waals surface area contributed by atoms with Gasteiger partial charge in [0.15, 0.2) is 11.6 Å². The monoisotopic (exact) mass is 210 g/mol. The zero-order valence-electron chi connectivity index (χ0n) is 7.20. The summed E-state index contributed by atoms with van der Waals surface area (Å²) in [5.41, 5.74) is -0.669. The highest BCUT2D eigenvalue weighted by molar-refractivity contribution is 5.23. The maximum atomic E-state index is 12.9. The molecule has 0 fully saturated rings. The Labute approximate surface area is 77.4 Å². The minimum absolute atomic E-state index is 0.669. The van der Waals surface area contributed by atoms with Gasteiger partial charge in [0, 0.05) is 5.56 Å². The number of halogens is 5. The molecule has 0 saturated heterocycles. The fraction of sp³-hybridized carbons (Fsp3) is 0.333. The molecule has 0 N–H and O–H groups in total. The molecule has 1 rings (SSSR count). The van der Waals surface area contributed by atoms with Crippen molar-refractivity contribution in [3.05, 3.63) is 35.4 Å². The standard InChI is InChI=1S/C9H7F5/c1-5(9(12,13)14)6-3-2-4-7(10)8(6)11/h2-5H,1H3. The smallest absolute Gasteiger partial charge is 0.204 e. The topological polar surface area (TPSA) is 0 Å². The maximum Gasteiger partial charge on any atom is 0.395 e. The molecule has 14 heavy (non-hydrogen) atoms. The molecular weight excluding hydrogens is 203 g/mol. The first kappa shape index (κ1) is 10.9. The highest BCUT2D eigenvalue weighted by Crippen LogP contribution is 2.35. The van der Waals surface area contributed by atoms with E-state index < -0.39 is 29.3 Å². The number of hydrogen-bond donors (Lipinski definition) is 0. The average Bonchev–Trinajstić information content (AvgIpc) is 2.07. The highest BCUT2D eigenvalue weighted by atomic mass is 19.4. The Morgan fingerprint density at radius 1 is 1.14 bits per heavy atom. The molecule has 0 aliphatic heterocycles. The second-order valence-corrected chi connectivity index (χ2v) is 2.91. The quantitative estimate of drug-likeness (QED) is 0.621. The van der Waals surface area contributed by atoms with Crippen LogP contribution in [0.1, 0.15) is 18.4 Å². The van der Waals surface area contributed by atoms with Crippen LogP contribution in [0.3, 0.4) is 0 Å². The summed E-state index contributed by atoms with van der Waals surface area (Å²) in [4.78, 5) is 0. The predicted octanol–water partition coefficient (Wildman–Crippen LogP) is 3.63. The molecule has 0 bridgehead atoms. The van der Waals surface area contributed by atoms with Gasteiger partial charge in [-0.3, -0.25) is 0 Å². The molecule has 0 aromatic heterocycles. The van der Waals surface area contributed by atoms with Crippen molar-refractivity contribution in [2.75, 3.05) is 0 Å². The summed E-state index contributed by atoms with van der Waals surface area (Å²) in [6, 6.07) is 2.76. The Kier molecular flexibility index (Phi) is 2.78. The number of hydrogen-bond acceptors (Lipinski definition) is 0. The van der Waals surface area contributed by atoms with Crippen LogP contribution in [0.15, 0.2) is 18.2 Å². The molecule has 0 heterocycles. The first-order valence-corrected chi connectivity index (χ1v) is 3.84. The van der Waals surface area contributed by atoms with Gasteiger partial charge in [-0.25, -0.2) is 8.78 Å². The molecule has 1 atom stereocenters. The summed E-state index contributed by atoms with van der Waals surface area (Å²) in [6.45, 7) is 0.790. The van der Waals surface area contributed by atoms with E-state index in [-0.39, 0.29) is 0 Å². The molecular formula is C9H7F5. The highest BCUT2D eigenvalue weighted by Gasteiger charge is 2.38. The fourth-order valence-corrected chi connectivity index (χ4v) is 1.03. The van der Waals surface area contributed by atoms with Crippen molar-refractivity contribution < 1.29 is 22.0 Å². The summed E-state index contributed by atoms with van der Waals surface area (Å²) in [5, 5.41) is 0. The first-order valence-electron chi connectivity index (χ1n) is 3.84. The summed E-state index contributed by atoms with van der Waals surface area (Å²) >= 11 is 0. The lowest BCUT2D eigenvalue weighted by Crippen LogP contribution is -2.19. The molecule has 78 valence electrons. The second kappa shape index (κ2) is 3.55. The Morgan fingerprint density at radius 3 is 2.21 bits per heavy atom. The average molecular weight is 210 g/mol. The predicted molar refractivity (Wildman–Crippen MR) is 40.8 cm³/mol. The lowest BCUT2D eigenvalue weighted by Gasteiger charge is -2.16. The van der Waals surface area contributed by atoms with Gasteiger partial charge in [0.05, 0.1) is 5.92 Å². The molecule has 1 unspecified atom stereocenters. The lowest BCUT2D eigenvalue weighted by atomic mass is 10.00. The molecule has 1 aromatic carbocycles. The zero-order chi connectivity index (χ0) is 10.9. The van der Waals surface area contributed by atoms with Crippen molar-refractivity contribution in [2.45, 2.75) is 19.0 Å². The zero-order valence-corrected chi connectivity index (χ0v) is 7.20. The van der Waals surface area contributed by atoms with E-state index >= 15 is 0 Å². The van der Waals surface area contributed by atoms with Crippen LogP contribution >= 0.6 is 0 Å². The van der Waals surface area contributed by atoms with Gasteiger partial charge in [0.2, 0.25) is 0 Å². The molecule has 0 radical (unpaired) electrons. The van der Waals surface area contributed by atoms with Crippen molar-refractivity contribution in [3.8, 4) is 0 Å². The van der Waals surface area contributed by atoms with E-state index in [0.29, 0.717) is 0 Å². The van der Waals surface area contributed by atoms with E-state index in [4.69, 9.17) is 0 Å². The van der Waals surface area contributed by atoms with Crippen molar-refractivity contribution in [1.82, 2.24) is 0 Å². The first-order chi connectivity index (χ1) is 6.34. The number of alkyl halides is 3. The van der Waals surface area contributed by atoms with Gasteiger partial charge in [-0.05, 0) is 13.0 Å². The van der Waals surface area contributed by atoms with E-state index in [1.54, 1.807) is 0 Å². The van der Waals surface area contributed by atoms with Gasteiger partial charge in [-0.1, -0.05) is 12.1 Å². The normalized spacial score (nSPS) is 14.1. The molecule has 0 spiro atoms. The van der Waals surface area contributed by atoms with E-state index in [9.17, 15) is 22.0 Å². The molecule has 1 aromatic rings. The van der Waals surface area contributed by atoms with Gasteiger partial charge in [-0.2, -0.15) is 13.2 Å². The maximum absolute atomic E-state index is 12.9. The van der Waals surface area contributed by atoms with Crippen molar-refractivity contribution >= 4 is 0 Å². The van der Waals surface area contributed by atoms with E-state index in [1.807, 2.05) is 0 Å². The molecule has 0 nitrogen and oxygen atoms in total. The molecule has 0 saturated carbocycles. The molecule has 0 aliphatic carbocycles. The van der Waals surface area contributed by atoms with E-state index in [1.165, 1.54) is 0 Å². The third kappa shape index (κ3) is 2.02. The molecule has 0 amide bonds. The van der Waals surface area contributed by atoms with Crippen LogP contribution in [0.5, 0.6) is 0 Å². The third-order valence-corrected chi connectivity index (χ3v) is 1.94. The number of benzene rings is 1.